The zero-order chi connectivity index (χ0) is 8.97. The van der Waals surface area contributed by atoms with E-state index < -0.39 is 0 Å². The molecule has 0 aromatic heterocycles. The van der Waals surface area contributed by atoms with Gasteiger partial charge in [0.25, 0.3) is 0 Å². The van der Waals surface area contributed by atoms with Crippen LogP contribution in [0, 0.1) is 5.92 Å². The van der Waals surface area contributed by atoms with Crippen molar-refractivity contribution in [2.75, 3.05) is 25.1 Å². The van der Waals surface area contributed by atoms with E-state index in [1.807, 2.05) is 30.6 Å². The van der Waals surface area contributed by atoms with Crippen LogP contribution in [0.15, 0.2) is 0 Å². The number of amides is 1. The molecule has 1 aliphatic heterocycles. The molecule has 1 heterocycles. The molecule has 1 saturated heterocycles. The Kier molecular flexibility index (Phi) is 3.92. The van der Waals surface area contributed by atoms with Gasteiger partial charge in [0.2, 0.25) is 5.91 Å². The van der Waals surface area contributed by atoms with E-state index in [9.17, 15) is 4.79 Å². The van der Waals surface area contributed by atoms with Gasteiger partial charge in [-0.2, -0.15) is 11.8 Å². The lowest BCUT2D eigenvalue weighted by molar-refractivity contribution is -0.134. The van der Waals surface area contributed by atoms with Gasteiger partial charge in [0.15, 0.2) is 0 Å². The number of nitrogens with zero attached hydrogens (tertiary/aromatic N) is 1. The highest BCUT2D eigenvalue weighted by molar-refractivity contribution is 7.99. The molecular weight excluding hydrogens is 170 g/mol. The van der Waals surface area contributed by atoms with E-state index in [0.717, 1.165) is 30.9 Å². The van der Waals surface area contributed by atoms with Gasteiger partial charge >= 0.3 is 0 Å². The predicted molar refractivity (Wildman–Crippen MR) is 53.4 cm³/mol. The topological polar surface area (TPSA) is 20.3 Å². The van der Waals surface area contributed by atoms with Crippen LogP contribution in [0.25, 0.3) is 0 Å². The van der Waals surface area contributed by atoms with Crippen LogP contribution in [0.2, 0.25) is 0 Å². The number of carbonyl (C=O) groups is 1. The summed E-state index contributed by atoms with van der Waals surface area (Å²) in [5.74, 6) is 2.98. The molecule has 0 saturated carbocycles. The Balaban J connectivity index is 2.39. The molecule has 0 aromatic carbocycles. The summed E-state index contributed by atoms with van der Waals surface area (Å²) >= 11 is 1.96. The Hall–Kier alpha value is -0.180. The minimum absolute atomic E-state index is 0.316. The second-order valence-corrected chi connectivity index (χ2v) is 4.46. The van der Waals surface area contributed by atoms with Crippen molar-refractivity contribution in [3.8, 4) is 0 Å². The van der Waals surface area contributed by atoms with E-state index in [2.05, 4.69) is 0 Å². The quantitative estimate of drug-likeness (QED) is 0.654. The van der Waals surface area contributed by atoms with Crippen LogP contribution >= 0.6 is 11.8 Å². The first-order valence-electron chi connectivity index (χ1n) is 4.58. The Bertz CT molecular complexity index is 155. The Morgan fingerprint density at radius 2 is 2.08 bits per heavy atom. The molecule has 0 bridgehead atoms. The molecule has 0 radical (unpaired) electrons. The first-order chi connectivity index (χ1) is 5.75. The fourth-order valence-electron chi connectivity index (χ4n) is 1.41. The molecule has 70 valence electrons. The van der Waals surface area contributed by atoms with Gasteiger partial charge in [0, 0.05) is 19.5 Å². The van der Waals surface area contributed by atoms with Crippen molar-refractivity contribution in [3.63, 3.8) is 0 Å². The third-order valence-electron chi connectivity index (χ3n) is 2.42. The van der Waals surface area contributed by atoms with E-state index in [1.54, 1.807) is 0 Å². The van der Waals surface area contributed by atoms with Crippen molar-refractivity contribution in [3.05, 3.63) is 0 Å². The van der Waals surface area contributed by atoms with Crippen LogP contribution in [-0.2, 0) is 4.79 Å². The molecule has 0 aliphatic carbocycles. The molecule has 2 nitrogen and oxygen atoms in total. The summed E-state index contributed by atoms with van der Waals surface area (Å²) in [6.45, 7) is 2.86. The van der Waals surface area contributed by atoms with Crippen LogP contribution < -0.4 is 0 Å². The SMILES string of the molecule is CCN(C)C(=O)C1CCSCC1. The number of hydrogen-bond acceptors (Lipinski definition) is 2. The summed E-state index contributed by atoms with van der Waals surface area (Å²) in [7, 11) is 1.89. The molecule has 3 heteroatoms. The number of hydrogen-bond donors (Lipinski definition) is 0. The standard InChI is InChI=1S/C9H17NOS/c1-3-10(2)9(11)8-4-6-12-7-5-8/h8H,3-7H2,1-2H3. The first-order valence-corrected chi connectivity index (χ1v) is 5.74. The second kappa shape index (κ2) is 4.75. The molecule has 1 fully saturated rings. The summed E-state index contributed by atoms with van der Waals surface area (Å²) in [4.78, 5) is 13.5. The molecule has 1 rings (SSSR count). The van der Waals surface area contributed by atoms with Gasteiger partial charge in [-0.3, -0.25) is 4.79 Å². The van der Waals surface area contributed by atoms with Crippen LogP contribution in [0.4, 0.5) is 0 Å². The van der Waals surface area contributed by atoms with Crippen LogP contribution in [0.3, 0.4) is 0 Å². The van der Waals surface area contributed by atoms with E-state index in [4.69, 9.17) is 0 Å². The fourth-order valence-corrected chi connectivity index (χ4v) is 2.52. The molecule has 0 aromatic rings. The normalized spacial score (nSPS) is 19.2. The Labute approximate surface area is 78.7 Å². The summed E-state index contributed by atoms with van der Waals surface area (Å²) in [5.41, 5.74) is 0. The Morgan fingerprint density at radius 3 is 2.58 bits per heavy atom. The average molecular weight is 187 g/mol. The zero-order valence-corrected chi connectivity index (χ0v) is 8.69. The molecule has 0 N–H and O–H groups in total. The third kappa shape index (κ3) is 2.41. The van der Waals surface area contributed by atoms with Gasteiger partial charge in [0.05, 0.1) is 0 Å². The van der Waals surface area contributed by atoms with Gasteiger partial charge in [-0.05, 0) is 31.3 Å². The summed E-state index contributed by atoms with van der Waals surface area (Å²) in [6, 6.07) is 0. The van der Waals surface area contributed by atoms with E-state index in [1.165, 1.54) is 0 Å². The molecule has 0 unspecified atom stereocenters. The van der Waals surface area contributed by atoms with Gasteiger partial charge in [-0.1, -0.05) is 0 Å². The fraction of sp³-hybridized carbons (Fsp3) is 0.889. The zero-order valence-electron chi connectivity index (χ0n) is 7.88. The van der Waals surface area contributed by atoms with Gasteiger partial charge < -0.3 is 4.90 Å². The van der Waals surface area contributed by atoms with E-state index in [0.29, 0.717) is 11.8 Å². The predicted octanol–water partition coefficient (Wildman–Crippen LogP) is 1.61. The minimum Gasteiger partial charge on any atom is -0.346 e. The number of thioether (sulfide) groups is 1. The summed E-state index contributed by atoms with van der Waals surface area (Å²) in [6.07, 6.45) is 2.15. The summed E-state index contributed by atoms with van der Waals surface area (Å²) < 4.78 is 0. The number of carbonyl (C=O) groups excluding carboxylic acids is 1. The minimum atomic E-state index is 0.316. The molecular formula is C9H17NOS. The maximum atomic E-state index is 11.6. The molecule has 1 amide bonds. The second-order valence-electron chi connectivity index (χ2n) is 3.24. The Morgan fingerprint density at radius 1 is 1.50 bits per heavy atom. The summed E-state index contributed by atoms with van der Waals surface area (Å²) in [5, 5.41) is 0. The first kappa shape index (κ1) is 9.90. The van der Waals surface area contributed by atoms with Crippen molar-refractivity contribution < 1.29 is 4.79 Å². The van der Waals surface area contributed by atoms with E-state index >= 15 is 0 Å². The maximum absolute atomic E-state index is 11.6. The van der Waals surface area contributed by atoms with Crippen LogP contribution in [-0.4, -0.2) is 35.9 Å². The monoisotopic (exact) mass is 187 g/mol. The van der Waals surface area contributed by atoms with Gasteiger partial charge in [-0.25, -0.2) is 0 Å². The van der Waals surface area contributed by atoms with Crippen molar-refractivity contribution >= 4 is 17.7 Å². The highest BCUT2D eigenvalue weighted by atomic mass is 32.2. The smallest absolute Gasteiger partial charge is 0.225 e. The number of rotatable bonds is 2. The van der Waals surface area contributed by atoms with Gasteiger partial charge in [-0.15, -0.1) is 0 Å². The van der Waals surface area contributed by atoms with Crippen molar-refractivity contribution in [1.82, 2.24) is 4.90 Å². The van der Waals surface area contributed by atoms with Crippen LogP contribution in [0.5, 0.6) is 0 Å². The van der Waals surface area contributed by atoms with Crippen LogP contribution in [0.1, 0.15) is 19.8 Å². The van der Waals surface area contributed by atoms with Crippen molar-refractivity contribution in [1.29, 1.82) is 0 Å². The molecule has 0 spiro atoms. The van der Waals surface area contributed by atoms with Gasteiger partial charge in [0.1, 0.15) is 0 Å². The molecule has 12 heavy (non-hydrogen) atoms. The van der Waals surface area contributed by atoms with Crippen molar-refractivity contribution in [2.24, 2.45) is 5.92 Å². The van der Waals surface area contributed by atoms with Crippen molar-refractivity contribution in [2.45, 2.75) is 19.8 Å². The average Bonchev–Trinajstić information content (AvgIpc) is 2.17. The highest BCUT2D eigenvalue weighted by Crippen LogP contribution is 2.23. The lowest BCUT2D eigenvalue weighted by Crippen LogP contribution is -2.34. The molecule has 0 atom stereocenters. The molecule has 1 aliphatic rings. The third-order valence-corrected chi connectivity index (χ3v) is 3.47. The lowest BCUT2D eigenvalue weighted by Gasteiger charge is -2.25. The lowest BCUT2D eigenvalue weighted by atomic mass is 10.0. The van der Waals surface area contributed by atoms with E-state index in [-0.39, 0.29) is 0 Å². The largest absolute Gasteiger partial charge is 0.346 e. The maximum Gasteiger partial charge on any atom is 0.225 e. The highest BCUT2D eigenvalue weighted by Gasteiger charge is 2.23.